The van der Waals surface area contributed by atoms with Gasteiger partial charge in [-0.1, -0.05) is 0 Å². The quantitative estimate of drug-likeness (QED) is 0.779. The van der Waals surface area contributed by atoms with Gasteiger partial charge in [0.15, 0.2) is 0 Å². The molecule has 1 aromatic heterocycles. The molecular formula is C12H19NO3. The van der Waals surface area contributed by atoms with Crippen LogP contribution in [0.5, 0.6) is 0 Å². The second kappa shape index (κ2) is 3.94. The fourth-order valence-corrected chi connectivity index (χ4v) is 2.05. The van der Waals surface area contributed by atoms with Gasteiger partial charge in [0.25, 0.3) is 0 Å². The van der Waals surface area contributed by atoms with Crippen LogP contribution in [-0.2, 0) is 17.4 Å². The van der Waals surface area contributed by atoms with Crippen molar-refractivity contribution in [1.82, 2.24) is 4.57 Å². The molecule has 4 nitrogen and oxygen atoms in total. The van der Waals surface area contributed by atoms with Crippen LogP contribution in [0, 0.1) is 13.8 Å². The van der Waals surface area contributed by atoms with Crippen molar-refractivity contribution < 1.29 is 14.6 Å². The molecule has 0 aliphatic rings. The average molecular weight is 225 g/mol. The molecule has 0 atom stereocenters. The molecule has 90 valence electrons. The number of ether oxygens (including phenoxy) is 1. The van der Waals surface area contributed by atoms with Gasteiger partial charge in [0.05, 0.1) is 18.3 Å². The highest BCUT2D eigenvalue weighted by Crippen LogP contribution is 2.31. The summed E-state index contributed by atoms with van der Waals surface area (Å²) < 4.78 is 6.65. The number of hydrogen-bond donors (Lipinski definition) is 1. The molecule has 16 heavy (non-hydrogen) atoms. The van der Waals surface area contributed by atoms with Crippen molar-refractivity contribution in [3.05, 3.63) is 22.5 Å². The molecule has 0 spiro atoms. The molecule has 0 aromatic carbocycles. The Morgan fingerprint density at radius 1 is 1.31 bits per heavy atom. The number of esters is 1. The van der Waals surface area contributed by atoms with Crippen molar-refractivity contribution in [2.24, 2.45) is 7.05 Å². The maximum absolute atomic E-state index is 11.7. The summed E-state index contributed by atoms with van der Waals surface area (Å²) in [6, 6.07) is 0. The molecule has 1 N–H and O–H groups in total. The van der Waals surface area contributed by atoms with Crippen molar-refractivity contribution in [2.75, 3.05) is 7.11 Å². The van der Waals surface area contributed by atoms with Gasteiger partial charge in [0, 0.05) is 24.0 Å². The molecule has 0 saturated heterocycles. The second-order valence-corrected chi connectivity index (χ2v) is 4.53. The standard InChI is InChI=1S/C12H19NO3/c1-7-9(11(14)16-6)10(12(3,4)15)8(2)13(7)5/h15H,1-6H3. The topological polar surface area (TPSA) is 51.5 Å². The van der Waals surface area contributed by atoms with Crippen LogP contribution in [0.3, 0.4) is 0 Å². The predicted octanol–water partition coefficient (Wildman–Crippen LogP) is 1.66. The van der Waals surface area contributed by atoms with Crippen molar-refractivity contribution in [2.45, 2.75) is 33.3 Å². The minimum absolute atomic E-state index is 0.404. The first kappa shape index (κ1) is 12.8. The van der Waals surface area contributed by atoms with Crippen LogP contribution in [-0.4, -0.2) is 22.8 Å². The van der Waals surface area contributed by atoms with E-state index in [0.717, 1.165) is 11.4 Å². The first-order valence-corrected chi connectivity index (χ1v) is 5.18. The van der Waals surface area contributed by atoms with Crippen molar-refractivity contribution in [1.29, 1.82) is 0 Å². The van der Waals surface area contributed by atoms with Crippen molar-refractivity contribution >= 4 is 5.97 Å². The van der Waals surface area contributed by atoms with Crippen LogP contribution in [0.25, 0.3) is 0 Å². The number of carbonyl (C=O) groups excluding carboxylic acids is 1. The lowest BCUT2D eigenvalue weighted by Crippen LogP contribution is -2.20. The van der Waals surface area contributed by atoms with Gasteiger partial charge in [0.1, 0.15) is 0 Å². The summed E-state index contributed by atoms with van der Waals surface area (Å²) in [6.45, 7) is 7.06. The number of aromatic nitrogens is 1. The van der Waals surface area contributed by atoms with Gasteiger partial charge >= 0.3 is 5.97 Å². The van der Waals surface area contributed by atoms with Crippen LogP contribution in [0.1, 0.15) is 41.2 Å². The van der Waals surface area contributed by atoms with Crippen LogP contribution in [0.15, 0.2) is 0 Å². The number of aliphatic hydroxyl groups is 1. The van der Waals surface area contributed by atoms with Gasteiger partial charge in [-0.15, -0.1) is 0 Å². The highest BCUT2D eigenvalue weighted by atomic mass is 16.5. The van der Waals surface area contributed by atoms with E-state index in [1.165, 1.54) is 7.11 Å². The maximum Gasteiger partial charge on any atom is 0.340 e. The van der Waals surface area contributed by atoms with Crippen LogP contribution in [0.4, 0.5) is 0 Å². The fraction of sp³-hybridized carbons (Fsp3) is 0.583. The number of nitrogens with zero attached hydrogens (tertiary/aromatic N) is 1. The highest BCUT2D eigenvalue weighted by Gasteiger charge is 2.31. The van der Waals surface area contributed by atoms with Gasteiger partial charge < -0.3 is 14.4 Å². The third-order valence-electron chi connectivity index (χ3n) is 2.98. The second-order valence-electron chi connectivity index (χ2n) is 4.53. The Kier molecular flexibility index (Phi) is 3.15. The highest BCUT2D eigenvalue weighted by molar-refractivity contribution is 5.93. The summed E-state index contributed by atoms with van der Waals surface area (Å²) in [5.41, 5.74) is 1.74. The van der Waals surface area contributed by atoms with Crippen LogP contribution >= 0.6 is 0 Å². The Labute approximate surface area is 95.8 Å². The molecule has 1 rings (SSSR count). The molecule has 0 unspecified atom stereocenters. The molecular weight excluding hydrogens is 206 g/mol. The molecule has 0 bridgehead atoms. The van der Waals surface area contributed by atoms with E-state index in [1.54, 1.807) is 13.8 Å². The normalized spacial score (nSPS) is 11.7. The molecule has 0 radical (unpaired) electrons. The molecule has 1 aromatic rings. The lowest BCUT2D eigenvalue weighted by Gasteiger charge is -2.19. The van der Waals surface area contributed by atoms with E-state index in [2.05, 4.69) is 0 Å². The van der Waals surface area contributed by atoms with Crippen molar-refractivity contribution in [3.63, 3.8) is 0 Å². The minimum Gasteiger partial charge on any atom is -0.465 e. The third-order valence-corrected chi connectivity index (χ3v) is 2.98. The van der Waals surface area contributed by atoms with Gasteiger partial charge in [-0.2, -0.15) is 0 Å². The molecule has 0 saturated carbocycles. The SMILES string of the molecule is COC(=O)c1c(C(C)(C)O)c(C)n(C)c1C. The zero-order chi connectivity index (χ0) is 12.7. The van der Waals surface area contributed by atoms with E-state index in [9.17, 15) is 9.90 Å². The average Bonchev–Trinajstić information content (AvgIpc) is 2.40. The Bertz CT molecular complexity index is 424. The van der Waals surface area contributed by atoms with Crippen molar-refractivity contribution in [3.8, 4) is 0 Å². The number of methoxy groups -OCH3 is 1. The van der Waals surface area contributed by atoms with E-state index < -0.39 is 11.6 Å². The third kappa shape index (κ3) is 1.85. The summed E-state index contributed by atoms with van der Waals surface area (Å²) in [5.74, 6) is -0.404. The largest absolute Gasteiger partial charge is 0.465 e. The van der Waals surface area contributed by atoms with E-state index in [1.807, 2.05) is 25.5 Å². The summed E-state index contributed by atoms with van der Waals surface area (Å²) in [6.07, 6.45) is 0. The lowest BCUT2D eigenvalue weighted by molar-refractivity contribution is 0.0554. The van der Waals surface area contributed by atoms with Crippen LogP contribution < -0.4 is 0 Å². The Morgan fingerprint density at radius 3 is 2.19 bits per heavy atom. The molecule has 0 amide bonds. The fourth-order valence-electron chi connectivity index (χ4n) is 2.05. The van der Waals surface area contributed by atoms with E-state index >= 15 is 0 Å². The van der Waals surface area contributed by atoms with E-state index in [-0.39, 0.29) is 0 Å². The van der Waals surface area contributed by atoms with Gasteiger partial charge in [0.2, 0.25) is 0 Å². The Morgan fingerprint density at radius 2 is 1.81 bits per heavy atom. The summed E-state index contributed by atoms with van der Waals surface area (Å²) in [7, 11) is 3.21. The molecule has 1 heterocycles. The molecule has 0 aliphatic heterocycles. The van der Waals surface area contributed by atoms with E-state index in [4.69, 9.17) is 4.74 Å². The minimum atomic E-state index is -1.06. The molecule has 0 aliphatic carbocycles. The van der Waals surface area contributed by atoms with Gasteiger partial charge in [-0.3, -0.25) is 0 Å². The molecule has 4 heteroatoms. The van der Waals surface area contributed by atoms with E-state index in [0.29, 0.717) is 11.1 Å². The predicted molar refractivity (Wildman–Crippen MR) is 61.5 cm³/mol. The first-order valence-electron chi connectivity index (χ1n) is 5.18. The zero-order valence-corrected chi connectivity index (χ0v) is 10.7. The summed E-state index contributed by atoms with van der Waals surface area (Å²) >= 11 is 0. The number of carbonyl (C=O) groups is 1. The number of hydrogen-bond acceptors (Lipinski definition) is 3. The zero-order valence-electron chi connectivity index (χ0n) is 10.7. The Hall–Kier alpha value is -1.29. The maximum atomic E-state index is 11.7. The first-order chi connectivity index (χ1) is 7.21. The van der Waals surface area contributed by atoms with Gasteiger partial charge in [-0.05, 0) is 27.7 Å². The van der Waals surface area contributed by atoms with Crippen LogP contribution in [0.2, 0.25) is 0 Å². The number of rotatable bonds is 2. The summed E-state index contributed by atoms with van der Waals surface area (Å²) in [4.78, 5) is 11.7. The molecule has 0 fully saturated rings. The smallest absolute Gasteiger partial charge is 0.340 e. The monoisotopic (exact) mass is 225 g/mol. The Balaban J connectivity index is 3.58. The van der Waals surface area contributed by atoms with Gasteiger partial charge in [-0.25, -0.2) is 4.79 Å². The lowest BCUT2D eigenvalue weighted by atomic mass is 9.94. The summed E-state index contributed by atoms with van der Waals surface area (Å²) in [5, 5.41) is 10.1.